The Morgan fingerprint density at radius 1 is 1.11 bits per heavy atom. The summed E-state index contributed by atoms with van der Waals surface area (Å²) in [5, 5.41) is 3.57. The van der Waals surface area contributed by atoms with Gasteiger partial charge in [-0.1, -0.05) is 36.2 Å². The smallest absolute Gasteiger partial charge is 0.0594 e. The van der Waals surface area contributed by atoms with Gasteiger partial charge in [-0.05, 0) is 50.1 Å². The molecule has 0 aliphatic heterocycles. The molecule has 1 heterocycles. The third-order valence-electron chi connectivity index (χ3n) is 3.38. The summed E-state index contributed by atoms with van der Waals surface area (Å²) in [5.74, 6) is 0. The molecular weight excluding hydrogens is 232 g/mol. The fourth-order valence-corrected chi connectivity index (χ4v) is 2.57. The molecule has 19 heavy (non-hydrogen) atoms. The Balaban J connectivity index is 2.48. The van der Waals surface area contributed by atoms with E-state index < -0.39 is 0 Å². The van der Waals surface area contributed by atoms with Gasteiger partial charge in [0.1, 0.15) is 0 Å². The maximum absolute atomic E-state index is 4.28. The normalized spacial score (nSPS) is 12.4. The van der Waals surface area contributed by atoms with Crippen LogP contribution in [0.15, 0.2) is 36.7 Å². The molecule has 1 aromatic heterocycles. The van der Waals surface area contributed by atoms with Crippen molar-refractivity contribution >= 4 is 0 Å². The Bertz CT molecular complexity index is 541. The van der Waals surface area contributed by atoms with E-state index >= 15 is 0 Å². The summed E-state index contributed by atoms with van der Waals surface area (Å²) in [6.45, 7) is 9.52. The second kappa shape index (κ2) is 5.98. The van der Waals surface area contributed by atoms with Gasteiger partial charge in [0.2, 0.25) is 0 Å². The highest BCUT2D eigenvalue weighted by molar-refractivity contribution is 5.38. The van der Waals surface area contributed by atoms with E-state index in [0.29, 0.717) is 0 Å². The van der Waals surface area contributed by atoms with Gasteiger partial charge in [0.15, 0.2) is 0 Å². The van der Waals surface area contributed by atoms with Crippen LogP contribution in [0.3, 0.4) is 0 Å². The van der Waals surface area contributed by atoms with Gasteiger partial charge in [0, 0.05) is 12.4 Å². The van der Waals surface area contributed by atoms with Crippen molar-refractivity contribution in [2.75, 3.05) is 6.54 Å². The molecule has 0 radical (unpaired) electrons. The first-order valence-electron chi connectivity index (χ1n) is 6.84. The average molecular weight is 254 g/mol. The minimum atomic E-state index is 0.220. The number of aromatic nitrogens is 1. The van der Waals surface area contributed by atoms with Crippen LogP contribution in [-0.2, 0) is 0 Å². The molecular formula is C17H22N2. The minimum absolute atomic E-state index is 0.220. The quantitative estimate of drug-likeness (QED) is 0.899. The molecule has 2 rings (SSSR count). The third-order valence-corrected chi connectivity index (χ3v) is 3.38. The van der Waals surface area contributed by atoms with Crippen LogP contribution >= 0.6 is 0 Å². The number of nitrogens with zero attached hydrogens (tertiary/aromatic N) is 1. The molecule has 1 N–H and O–H groups in total. The van der Waals surface area contributed by atoms with Gasteiger partial charge in [0.25, 0.3) is 0 Å². The predicted molar refractivity (Wildman–Crippen MR) is 80.4 cm³/mol. The summed E-state index contributed by atoms with van der Waals surface area (Å²) in [6, 6.07) is 9.02. The summed E-state index contributed by atoms with van der Waals surface area (Å²) in [5.41, 5.74) is 6.46. The number of benzene rings is 1. The molecule has 2 nitrogen and oxygen atoms in total. The number of hydrogen-bond donors (Lipinski definition) is 1. The van der Waals surface area contributed by atoms with Crippen molar-refractivity contribution in [2.24, 2.45) is 0 Å². The van der Waals surface area contributed by atoms with Gasteiger partial charge in [-0.15, -0.1) is 0 Å². The average Bonchev–Trinajstić information content (AvgIpc) is 2.36. The van der Waals surface area contributed by atoms with Gasteiger partial charge in [-0.3, -0.25) is 4.98 Å². The van der Waals surface area contributed by atoms with Crippen LogP contribution < -0.4 is 5.32 Å². The first-order valence-corrected chi connectivity index (χ1v) is 6.84. The highest BCUT2D eigenvalue weighted by Gasteiger charge is 2.15. The van der Waals surface area contributed by atoms with Crippen molar-refractivity contribution in [2.45, 2.75) is 33.7 Å². The van der Waals surface area contributed by atoms with E-state index in [2.05, 4.69) is 62.3 Å². The number of pyridine rings is 1. The molecule has 0 aliphatic rings. The molecule has 0 bridgehead atoms. The lowest BCUT2D eigenvalue weighted by Crippen LogP contribution is -2.23. The topological polar surface area (TPSA) is 24.9 Å². The van der Waals surface area contributed by atoms with E-state index in [0.717, 1.165) is 6.54 Å². The van der Waals surface area contributed by atoms with Gasteiger partial charge in [0.05, 0.1) is 6.04 Å². The zero-order valence-corrected chi connectivity index (χ0v) is 12.2. The van der Waals surface area contributed by atoms with Crippen LogP contribution in [0.2, 0.25) is 0 Å². The fourth-order valence-electron chi connectivity index (χ4n) is 2.57. The second-order valence-electron chi connectivity index (χ2n) is 5.14. The summed E-state index contributed by atoms with van der Waals surface area (Å²) in [6.07, 6.45) is 3.82. The van der Waals surface area contributed by atoms with Crippen LogP contribution in [0.5, 0.6) is 0 Å². The Hall–Kier alpha value is -1.67. The second-order valence-corrected chi connectivity index (χ2v) is 5.14. The zero-order chi connectivity index (χ0) is 13.8. The number of aryl methyl sites for hydroxylation is 3. The summed E-state index contributed by atoms with van der Waals surface area (Å²) in [7, 11) is 0. The molecule has 0 saturated carbocycles. The summed E-state index contributed by atoms with van der Waals surface area (Å²) in [4.78, 5) is 4.28. The maximum atomic E-state index is 4.28. The van der Waals surface area contributed by atoms with E-state index in [1.807, 2.05) is 12.4 Å². The van der Waals surface area contributed by atoms with Crippen LogP contribution in [0.25, 0.3) is 0 Å². The van der Waals surface area contributed by atoms with Crippen molar-refractivity contribution in [3.63, 3.8) is 0 Å². The highest BCUT2D eigenvalue weighted by Crippen LogP contribution is 2.25. The molecule has 1 aromatic carbocycles. The Kier molecular flexibility index (Phi) is 4.33. The highest BCUT2D eigenvalue weighted by atomic mass is 14.9. The molecule has 100 valence electrons. The molecule has 0 fully saturated rings. The largest absolute Gasteiger partial charge is 0.306 e. The molecule has 2 heteroatoms. The van der Waals surface area contributed by atoms with E-state index in [1.54, 1.807) is 0 Å². The van der Waals surface area contributed by atoms with Crippen LogP contribution in [0.1, 0.15) is 40.8 Å². The Morgan fingerprint density at radius 3 is 2.37 bits per heavy atom. The molecule has 1 unspecified atom stereocenters. The lowest BCUT2D eigenvalue weighted by atomic mass is 9.94. The van der Waals surface area contributed by atoms with Crippen LogP contribution in [0.4, 0.5) is 0 Å². The summed E-state index contributed by atoms with van der Waals surface area (Å²) < 4.78 is 0. The third kappa shape index (κ3) is 3.21. The van der Waals surface area contributed by atoms with Gasteiger partial charge >= 0.3 is 0 Å². The molecule has 0 amide bonds. The van der Waals surface area contributed by atoms with Crippen molar-refractivity contribution in [1.82, 2.24) is 10.3 Å². The van der Waals surface area contributed by atoms with Crippen molar-refractivity contribution in [1.29, 1.82) is 0 Å². The zero-order valence-electron chi connectivity index (χ0n) is 12.2. The summed E-state index contributed by atoms with van der Waals surface area (Å²) >= 11 is 0. The minimum Gasteiger partial charge on any atom is -0.306 e. The number of rotatable bonds is 4. The van der Waals surface area contributed by atoms with Gasteiger partial charge < -0.3 is 5.32 Å². The van der Waals surface area contributed by atoms with E-state index in [9.17, 15) is 0 Å². The standard InChI is InChI=1S/C17H22N2/c1-5-19-17(16-11-18-7-6-14(16)4)15-9-12(2)8-13(3)10-15/h6-11,17,19H,5H2,1-4H3. The first-order chi connectivity index (χ1) is 9.11. The molecule has 0 saturated heterocycles. The lowest BCUT2D eigenvalue weighted by molar-refractivity contribution is 0.625. The molecule has 2 aromatic rings. The van der Waals surface area contributed by atoms with E-state index in [1.165, 1.54) is 27.8 Å². The first kappa shape index (κ1) is 13.8. The van der Waals surface area contributed by atoms with Gasteiger partial charge in [-0.25, -0.2) is 0 Å². The van der Waals surface area contributed by atoms with Crippen molar-refractivity contribution in [3.05, 3.63) is 64.5 Å². The maximum Gasteiger partial charge on any atom is 0.0594 e. The molecule has 1 atom stereocenters. The molecule has 0 spiro atoms. The lowest BCUT2D eigenvalue weighted by Gasteiger charge is -2.21. The Morgan fingerprint density at radius 2 is 1.79 bits per heavy atom. The SMILES string of the molecule is CCNC(c1cc(C)cc(C)c1)c1cnccc1C. The number of nitrogens with one attached hydrogen (secondary N) is 1. The van der Waals surface area contributed by atoms with Gasteiger partial charge in [-0.2, -0.15) is 0 Å². The van der Waals surface area contributed by atoms with Crippen molar-refractivity contribution in [3.8, 4) is 0 Å². The monoisotopic (exact) mass is 254 g/mol. The number of hydrogen-bond acceptors (Lipinski definition) is 2. The van der Waals surface area contributed by atoms with E-state index in [4.69, 9.17) is 0 Å². The van der Waals surface area contributed by atoms with Crippen LogP contribution in [-0.4, -0.2) is 11.5 Å². The fraction of sp³-hybridized carbons (Fsp3) is 0.353. The molecule has 0 aliphatic carbocycles. The predicted octanol–water partition coefficient (Wildman–Crippen LogP) is 3.71. The Labute approximate surface area is 115 Å². The van der Waals surface area contributed by atoms with E-state index in [-0.39, 0.29) is 6.04 Å². The van der Waals surface area contributed by atoms with Crippen LogP contribution in [0, 0.1) is 20.8 Å². The van der Waals surface area contributed by atoms with Crippen molar-refractivity contribution < 1.29 is 0 Å².